The molecule has 1 aliphatic rings. The standard InChI is InChI=1S/C28H35ClN4O4/c1-20-24(19-27(35)30-10-12-32-15-13-31(14-16-32)11-3-17-34)25-18-23(37-2)8-9-26(25)33(20)28(36)21-4-6-22(29)7-5-21/h4-9,18,34H,3,10-17,19H2,1-2H3,(H,30,35). The van der Waals surface area contributed by atoms with Gasteiger partial charge in [-0.3, -0.25) is 19.1 Å². The van der Waals surface area contributed by atoms with Crippen molar-refractivity contribution in [2.75, 3.05) is 59.5 Å². The van der Waals surface area contributed by atoms with E-state index in [4.69, 9.17) is 21.4 Å². The van der Waals surface area contributed by atoms with Gasteiger partial charge in [0.1, 0.15) is 5.75 Å². The Morgan fingerprint density at radius 1 is 1.03 bits per heavy atom. The van der Waals surface area contributed by atoms with E-state index in [1.807, 2.05) is 25.1 Å². The summed E-state index contributed by atoms with van der Waals surface area (Å²) < 4.78 is 7.08. The van der Waals surface area contributed by atoms with Gasteiger partial charge in [-0.25, -0.2) is 0 Å². The second-order valence-electron chi connectivity index (χ2n) is 9.38. The number of aliphatic hydroxyl groups excluding tert-OH is 1. The van der Waals surface area contributed by atoms with Crippen molar-refractivity contribution in [3.63, 3.8) is 0 Å². The van der Waals surface area contributed by atoms with E-state index in [-0.39, 0.29) is 24.8 Å². The molecule has 0 radical (unpaired) electrons. The zero-order chi connectivity index (χ0) is 26.4. The summed E-state index contributed by atoms with van der Waals surface area (Å²) >= 11 is 6.01. The molecule has 2 heterocycles. The molecule has 2 N–H and O–H groups in total. The number of rotatable bonds is 10. The molecule has 1 saturated heterocycles. The van der Waals surface area contributed by atoms with Gasteiger partial charge in [0, 0.05) is 74.1 Å². The van der Waals surface area contributed by atoms with Crippen LogP contribution in [0.5, 0.6) is 5.75 Å². The Hall–Kier alpha value is -2.91. The number of nitrogens with one attached hydrogen (secondary N) is 1. The lowest BCUT2D eigenvalue weighted by atomic mass is 10.1. The predicted molar refractivity (Wildman–Crippen MR) is 146 cm³/mol. The third-order valence-corrected chi connectivity index (χ3v) is 7.27. The first kappa shape index (κ1) is 27.1. The molecule has 0 atom stereocenters. The number of carbonyl (C=O) groups is 2. The van der Waals surface area contributed by atoms with Gasteiger partial charge in [-0.1, -0.05) is 11.6 Å². The van der Waals surface area contributed by atoms with Crippen molar-refractivity contribution in [2.45, 2.75) is 19.8 Å². The molecule has 1 amide bonds. The van der Waals surface area contributed by atoms with E-state index in [0.29, 0.717) is 22.9 Å². The number of nitrogens with zero attached hydrogens (tertiary/aromatic N) is 3. The number of carbonyl (C=O) groups excluding carboxylic acids is 2. The molecule has 198 valence electrons. The van der Waals surface area contributed by atoms with Gasteiger partial charge in [0.25, 0.3) is 5.91 Å². The molecular formula is C28H35ClN4O4. The van der Waals surface area contributed by atoms with E-state index >= 15 is 0 Å². The molecule has 0 unspecified atom stereocenters. The molecule has 0 bridgehead atoms. The van der Waals surface area contributed by atoms with Crippen LogP contribution in [0.1, 0.15) is 28.0 Å². The van der Waals surface area contributed by atoms with Gasteiger partial charge < -0.3 is 20.1 Å². The summed E-state index contributed by atoms with van der Waals surface area (Å²) in [5.74, 6) is 0.419. The van der Waals surface area contributed by atoms with Gasteiger partial charge in [-0.15, -0.1) is 0 Å². The van der Waals surface area contributed by atoms with Crippen molar-refractivity contribution in [1.29, 1.82) is 0 Å². The number of hydrogen-bond donors (Lipinski definition) is 2. The summed E-state index contributed by atoms with van der Waals surface area (Å²) in [6.07, 6.45) is 0.981. The summed E-state index contributed by atoms with van der Waals surface area (Å²) in [6.45, 7) is 8.28. The van der Waals surface area contributed by atoms with Crippen LogP contribution in [0.15, 0.2) is 42.5 Å². The molecule has 3 aromatic rings. The maximum Gasteiger partial charge on any atom is 0.262 e. The highest BCUT2D eigenvalue weighted by Gasteiger charge is 2.22. The largest absolute Gasteiger partial charge is 0.497 e. The van der Waals surface area contributed by atoms with E-state index in [1.54, 1.807) is 35.9 Å². The van der Waals surface area contributed by atoms with Crippen molar-refractivity contribution in [1.82, 2.24) is 19.7 Å². The molecule has 4 rings (SSSR count). The normalized spacial score (nSPS) is 14.7. The smallest absolute Gasteiger partial charge is 0.262 e. The number of ether oxygens (including phenoxy) is 1. The predicted octanol–water partition coefficient (Wildman–Crippen LogP) is 2.96. The van der Waals surface area contributed by atoms with Gasteiger partial charge >= 0.3 is 0 Å². The second kappa shape index (κ2) is 12.6. The van der Waals surface area contributed by atoms with Gasteiger partial charge in [-0.05, 0) is 61.4 Å². The molecule has 0 saturated carbocycles. The summed E-state index contributed by atoms with van der Waals surface area (Å²) in [7, 11) is 1.60. The zero-order valence-electron chi connectivity index (χ0n) is 21.5. The van der Waals surface area contributed by atoms with Crippen LogP contribution in [0, 0.1) is 6.92 Å². The lowest BCUT2D eigenvalue weighted by molar-refractivity contribution is -0.120. The molecule has 1 aliphatic heterocycles. The maximum absolute atomic E-state index is 13.4. The second-order valence-corrected chi connectivity index (χ2v) is 9.82. The molecule has 2 aromatic carbocycles. The molecule has 1 fully saturated rings. The molecule has 8 nitrogen and oxygen atoms in total. The first-order valence-corrected chi connectivity index (χ1v) is 13.1. The third-order valence-electron chi connectivity index (χ3n) is 7.02. The number of aromatic nitrogens is 1. The van der Waals surface area contributed by atoms with Gasteiger partial charge in [-0.2, -0.15) is 0 Å². The molecule has 9 heteroatoms. The van der Waals surface area contributed by atoms with Crippen molar-refractivity contribution in [2.24, 2.45) is 0 Å². The topological polar surface area (TPSA) is 87.0 Å². The lowest BCUT2D eigenvalue weighted by Crippen LogP contribution is -2.48. The number of aliphatic hydroxyl groups is 1. The fourth-order valence-electron chi connectivity index (χ4n) is 4.90. The van der Waals surface area contributed by atoms with Crippen LogP contribution < -0.4 is 10.1 Å². The third kappa shape index (κ3) is 6.51. The first-order valence-electron chi connectivity index (χ1n) is 12.7. The molecule has 0 aliphatic carbocycles. The Balaban J connectivity index is 1.44. The van der Waals surface area contributed by atoms with Crippen LogP contribution in [0.25, 0.3) is 10.9 Å². The number of piperazine rings is 1. The van der Waals surface area contributed by atoms with Crippen LogP contribution in [0.3, 0.4) is 0 Å². The fourth-order valence-corrected chi connectivity index (χ4v) is 5.03. The van der Waals surface area contributed by atoms with Crippen molar-refractivity contribution < 1.29 is 19.4 Å². The van der Waals surface area contributed by atoms with Crippen molar-refractivity contribution in [3.8, 4) is 5.75 Å². The quantitative estimate of drug-likeness (QED) is 0.422. The molecule has 37 heavy (non-hydrogen) atoms. The minimum Gasteiger partial charge on any atom is -0.497 e. The Bertz CT molecular complexity index is 1230. The zero-order valence-corrected chi connectivity index (χ0v) is 22.3. The van der Waals surface area contributed by atoms with Crippen molar-refractivity contribution in [3.05, 3.63) is 64.3 Å². The summed E-state index contributed by atoms with van der Waals surface area (Å²) in [5, 5.41) is 13.5. The lowest BCUT2D eigenvalue weighted by Gasteiger charge is -2.34. The van der Waals surface area contributed by atoms with Crippen LogP contribution in [-0.4, -0.2) is 90.8 Å². The van der Waals surface area contributed by atoms with Crippen LogP contribution in [0.2, 0.25) is 5.02 Å². The maximum atomic E-state index is 13.4. The Labute approximate surface area is 222 Å². The average Bonchev–Trinajstić information content (AvgIpc) is 3.18. The van der Waals surface area contributed by atoms with E-state index < -0.39 is 0 Å². The van der Waals surface area contributed by atoms with Gasteiger partial charge in [0.2, 0.25) is 5.91 Å². The number of amides is 1. The summed E-state index contributed by atoms with van der Waals surface area (Å²) in [6, 6.07) is 12.4. The van der Waals surface area contributed by atoms with E-state index in [1.165, 1.54) is 0 Å². The highest BCUT2D eigenvalue weighted by molar-refractivity contribution is 6.30. The Kier molecular flexibility index (Phi) is 9.21. The average molecular weight is 527 g/mol. The summed E-state index contributed by atoms with van der Waals surface area (Å²) in [4.78, 5) is 31.1. The minimum absolute atomic E-state index is 0.0782. The van der Waals surface area contributed by atoms with E-state index in [0.717, 1.165) is 67.8 Å². The Morgan fingerprint density at radius 3 is 2.35 bits per heavy atom. The monoisotopic (exact) mass is 526 g/mol. The minimum atomic E-state index is -0.172. The van der Waals surface area contributed by atoms with Gasteiger partial charge in [0.05, 0.1) is 19.0 Å². The number of fused-ring (bicyclic) bond motifs is 1. The van der Waals surface area contributed by atoms with Crippen LogP contribution in [-0.2, 0) is 11.2 Å². The summed E-state index contributed by atoms with van der Waals surface area (Å²) in [5.41, 5.74) is 2.80. The SMILES string of the molecule is COc1ccc2c(c1)c(CC(=O)NCCN1CCN(CCCO)CC1)c(C)n2C(=O)c1ccc(Cl)cc1. The highest BCUT2D eigenvalue weighted by atomic mass is 35.5. The van der Waals surface area contributed by atoms with Crippen LogP contribution >= 0.6 is 11.6 Å². The van der Waals surface area contributed by atoms with Crippen LogP contribution in [0.4, 0.5) is 0 Å². The first-order chi connectivity index (χ1) is 17.9. The number of methoxy groups -OCH3 is 1. The molecular weight excluding hydrogens is 492 g/mol. The van der Waals surface area contributed by atoms with Crippen molar-refractivity contribution >= 4 is 34.3 Å². The van der Waals surface area contributed by atoms with E-state index in [9.17, 15) is 9.59 Å². The molecule has 0 spiro atoms. The number of halogens is 1. The van der Waals surface area contributed by atoms with Gasteiger partial charge in [0.15, 0.2) is 0 Å². The number of hydrogen-bond acceptors (Lipinski definition) is 6. The Morgan fingerprint density at radius 2 is 1.70 bits per heavy atom. The van der Waals surface area contributed by atoms with E-state index in [2.05, 4.69) is 15.1 Å². The molecule has 1 aromatic heterocycles. The highest BCUT2D eigenvalue weighted by Crippen LogP contribution is 2.31. The fraction of sp³-hybridized carbons (Fsp3) is 0.429. The number of benzene rings is 2.